The van der Waals surface area contributed by atoms with Gasteiger partial charge in [-0.15, -0.1) is 0 Å². The Morgan fingerprint density at radius 1 is 0.886 bits per heavy atom. The van der Waals surface area contributed by atoms with Gasteiger partial charge in [-0.3, -0.25) is 19.2 Å². The van der Waals surface area contributed by atoms with E-state index in [2.05, 4.69) is 0 Å². The number of ether oxygens (including phenoxy) is 1. The highest BCUT2D eigenvalue weighted by Crippen LogP contribution is 2.41. The zero-order valence-electron chi connectivity index (χ0n) is 20.4. The second-order valence-electron chi connectivity index (χ2n) is 10.0. The molecule has 2 aromatic carbocycles. The van der Waals surface area contributed by atoms with Gasteiger partial charge in [-0.1, -0.05) is 25.0 Å². The van der Waals surface area contributed by atoms with Crippen molar-refractivity contribution in [1.29, 1.82) is 0 Å². The van der Waals surface area contributed by atoms with E-state index in [4.69, 9.17) is 4.74 Å². The van der Waals surface area contributed by atoms with Gasteiger partial charge in [0, 0.05) is 18.7 Å². The third kappa shape index (κ3) is 4.03. The first-order valence-electron chi connectivity index (χ1n) is 12.3. The van der Waals surface area contributed by atoms with E-state index in [9.17, 15) is 19.2 Å². The molecule has 0 bridgehead atoms. The molecule has 182 valence electrons. The van der Waals surface area contributed by atoms with Gasteiger partial charge in [-0.25, -0.2) is 4.90 Å². The molecule has 7 nitrogen and oxygen atoms in total. The number of anilines is 2. The molecule has 3 aliphatic rings. The van der Waals surface area contributed by atoms with Gasteiger partial charge in [0.25, 0.3) is 0 Å². The van der Waals surface area contributed by atoms with Crippen molar-refractivity contribution in [3.8, 4) is 5.75 Å². The van der Waals surface area contributed by atoms with Gasteiger partial charge >= 0.3 is 5.97 Å². The average molecular weight is 475 g/mol. The SMILES string of the molecule is Cc1cc(OC(=O)[C@@H]2CC(=O)N(c3cccc(C)c3C)C2)ccc1N1C(=O)[C@H]2CCCC[C@H]2C1=O. The summed E-state index contributed by atoms with van der Waals surface area (Å²) in [6.07, 6.45) is 3.58. The molecule has 3 amide bonds. The average Bonchev–Trinajstić information content (AvgIpc) is 3.34. The summed E-state index contributed by atoms with van der Waals surface area (Å²) in [6, 6.07) is 10.8. The van der Waals surface area contributed by atoms with Crippen LogP contribution >= 0.6 is 0 Å². The number of rotatable bonds is 4. The minimum atomic E-state index is -0.563. The summed E-state index contributed by atoms with van der Waals surface area (Å²) in [5.74, 6) is -1.46. The summed E-state index contributed by atoms with van der Waals surface area (Å²) in [4.78, 5) is 54.4. The molecular formula is C28H30N2O5. The van der Waals surface area contributed by atoms with E-state index in [0.717, 1.165) is 42.5 Å². The first-order valence-corrected chi connectivity index (χ1v) is 12.3. The van der Waals surface area contributed by atoms with Crippen LogP contribution in [0, 0.1) is 38.5 Å². The van der Waals surface area contributed by atoms with Crippen molar-refractivity contribution < 1.29 is 23.9 Å². The number of benzene rings is 2. The van der Waals surface area contributed by atoms with Crippen molar-refractivity contribution in [2.45, 2.75) is 52.9 Å². The predicted octanol–water partition coefficient (Wildman–Crippen LogP) is 4.25. The normalized spacial score (nSPS) is 24.2. The largest absolute Gasteiger partial charge is 0.426 e. The number of hydrogen-bond donors (Lipinski definition) is 0. The molecule has 2 saturated heterocycles. The number of carbonyl (C=O) groups excluding carboxylic acids is 4. The quantitative estimate of drug-likeness (QED) is 0.376. The highest BCUT2D eigenvalue weighted by Gasteiger charge is 2.49. The van der Waals surface area contributed by atoms with E-state index in [0.29, 0.717) is 17.0 Å². The molecule has 3 atom stereocenters. The van der Waals surface area contributed by atoms with E-state index >= 15 is 0 Å². The lowest BCUT2D eigenvalue weighted by Crippen LogP contribution is -2.31. The predicted molar refractivity (Wildman–Crippen MR) is 131 cm³/mol. The Labute approximate surface area is 205 Å². The highest BCUT2D eigenvalue weighted by molar-refractivity contribution is 6.22. The molecule has 0 radical (unpaired) electrons. The first-order chi connectivity index (χ1) is 16.8. The number of aryl methyl sites for hydroxylation is 2. The van der Waals surface area contributed by atoms with E-state index < -0.39 is 11.9 Å². The van der Waals surface area contributed by atoms with Crippen LogP contribution in [0.1, 0.15) is 48.8 Å². The minimum Gasteiger partial charge on any atom is -0.426 e. The second-order valence-corrected chi connectivity index (χ2v) is 10.0. The van der Waals surface area contributed by atoms with Crippen LogP contribution in [0.4, 0.5) is 11.4 Å². The molecule has 0 unspecified atom stereocenters. The van der Waals surface area contributed by atoms with Crippen LogP contribution in [-0.4, -0.2) is 30.2 Å². The number of hydrogen-bond acceptors (Lipinski definition) is 5. The van der Waals surface area contributed by atoms with Gasteiger partial charge in [-0.05, 0) is 74.6 Å². The Morgan fingerprint density at radius 2 is 1.57 bits per heavy atom. The summed E-state index contributed by atoms with van der Waals surface area (Å²) in [5.41, 5.74) is 4.17. The Bertz CT molecular complexity index is 1210. The summed E-state index contributed by atoms with van der Waals surface area (Å²) >= 11 is 0. The molecule has 3 fully saturated rings. The number of fused-ring (bicyclic) bond motifs is 1. The number of carbonyl (C=O) groups is 4. The van der Waals surface area contributed by atoms with Crippen LogP contribution in [0.3, 0.4) is 0 Å². The fraction of sp³-hybridized carbons (Fsp3) is 0.429. The van der Waals surface area contributed by atoms with Gasteiger partial charge in [0.2, 0.25) is 17.7 Å². The van der Waals surface area contributed by atoms with Gasteiger partial charge in [0.15, 0.2) is 0 Å². The van der Waals surface area contributed by atoms with Crippen LogP contribution in [0.25, 0.3) is 0 Å². The maximum Gasteiger partial charge on any atom is 0.316 e. The molecule has 2 aliphatic heterocycles. The van der Waals surface area contributed by atoms with Crippen LogP contribution in [0.15, 0.2) is 36.4 Å². The van der Waals surface area contributed by atoms with E-state index in [-0.39, 0.29) is 42.5 Å². The van der Waals surface area contributed by atoms with Crippen LogP contribution in [0.5, 0.6) is 5.75 Å². The monoisotopic (exact) mass is 474 g/mol. The maximum absolute atomic E-state index is 12.9. The molecular weight excluding hydrogens is 444 g/mol. The van der Waals surface area contributed by atoms with E-state index in [1.807, 2.05) is 32.0 Å². The van der Waals surface area contributed by atoms with Crippen molar-refractivity contribution >= 4 is 35.1 Å². The molecule has 1 saturated carbocycles. The number of amides is 3. The molecule has 7 heteroatoms. The molecule has 2 aromatic rings. The highest BCUT2D eigenvalue weighted by atomic mass is 16.5. The number of imide groups is 1. The third-order valence-corrected chi connectivity index (χ3v) is 7.79. The van der Waals surface area contributed by atoms with Crippen molar-refractivity contribution in [3.63, 3.8) is 0 Å². The van der Waals surface area contributed by atoms with Gasteiger partial charge < -0.3 is 9.64 Å². The summed E-state index contributed by atoms with van der Waals surface area (Å²) < 4.78 is 5.63. The Balaban J connectivity index is 1.29. The summed E-state index contributed by atoms with van der Waals surface area (Å²) in [6.45, 7) is 6.04. The molecule has 35 heavy (non-hydrogen) atoms. The van der Waals surface area contributed by atoms with Gasteiger partial charge in [0.1, 0.15) is 5.75 Å². The van der Waals surface area contributed by atoms with Crippen LogP contribution < -0.4 is 14.5 Å². The number of esters is 1. The van der Waals surface area contributed by atoms with Gasteiger partial charge in [0.05, 0.1) is 23.4 Å². The van der Waals surface area contributed by atoms with Crippen LogP contribution in [-0.2, 0) is 19.2 Å². The van der Waals surface area contributed by atoms with E-state index in [1.54, 1.807) is 30.0 Å². The van der Waals surface area contributed by atoms with Crippen molar-refractivity contribution in [3.05, 3.63) is 53.1 Å². The molecule has 0 spiro atoms. The summed E-state index contributed by atoms with van der Waals surface area (Å²) in [7, 11) is 0. The molecule has 2 heterocycles. The Kier molecular flexibility index (Phi) is 5.95. The first kappa shape index (κ1) is 23.3. The lowest BCUT2D eigenvalue weighted by molar-refractivity contribution is -0.139. The van der Waals surface area contributed by atoms with Crippen LogP contribution in [0.2, 0.25) is 0 Å². The number of nitrogens with zero attached hydrogens (tertiary/aromatic N) is 2. The lowest BCUT2D eigenvalue weighted by atomic mass is 9.81. The van der Waals surface area contributed by atoms with Gasteiger partial charge in [-0.2, -0.15) is 0 Å². The van der Waals surface area contributed by atoms with Crippen molar-refractivity contribution in [2.75, 3.05) is 16.3 Å². The second kappa shape index (κ2) is 8.95. The third-order valence-electron chi connectivity index (χ3n) is 7.79. The zero-order chi connectivity index (χ0) is 24.9. The van der Waals surface area contributed by atoms with Crippen molar-refractivity contribution in [2.24, 2.45) is 17.8 Å². The zero-order valence-corrected chi connectivity index (χ0v) is 20.4. The summed E-state index contributed by atoms with van der Waals surface area (Å²) in [5, 5.41) is 0. The van der Waals surface area contributed by atoms with Crippen molar-refractivity contribution in [1.82, 2.24) is 0 Å². The molecule has 0 N–H and O–H groups in total. The maximum atomic E-state index is 12.9. The Morgan fingerprint density at radius 3 is 2.23 bits per heavy atom. The fourth-order valence-electron chi connectivity index (χ4n) is 5.67. The molecule has 1 aliphatic carbocycles. The fourth-order valence-corrected chi connectivity index (χ4v) is 5.67. The van der Waals surface area contributed by atoms with E-state index in [1.165, 1.54) is 4.90 Å². The lowest BCUT2D eigenvalue weighted by Gasteiger charge is -2.20. The topological polar surface area (TPSA) is 84.0 Å². The Hall–Kier alpha value is -3.48. The minimum absolute atomic E-state index is 0.0975. The standard InChI is InChI=1S/C28H30N2O5/c1-16-7-6-10-24(18(16)3)29-15-19(14-25(29)31)28(34)35-20-11-12-23(17(2)13-20)30-26(32)21-8-4-5-9-22(21)27(30)33/h6-7,10-13,19,21-22H,4-5,8-9,14-15H2,1-3H3/t19-,21-,22+/m1/s1. The molecule has 5 rings (SSSR count). The molecule has 0 aromatic heterocycles. The smallest absolute Gasteiger partial charge is 0.316 e.